The number of hydrogen-bond acceptors (Lipinski definition) is 4. The molecule has 0 spiro atoms. The Hall–Kier alpha value is -2.61. The molecular formula is C22H26F3N3O2. The van der Waals surface area contributed by atoms with Crippen LogP contribution >= 0.6 is 0 Å². The first-order chi connectivity index (χ1) is 14.3. The highest BCUT2D eigenvalue weighted by molar-refractivity contribution is 5.94. The lowest BCUT2D eigenvalue weighted by Gasteiger charge is -2.31. The number of pyridine rings is 1. The van der Waals surface area contributed by atoms with Crippen LogP contribution in [0.5, 0.6) is 0 Å². The molecule has 2 aromatic rings. The minimum absolute atomic E-state index is 0.157. The van der Waals surface area contributed by atoms with E-state index in [0.717, 1.165) is 30.4 Å². The number of carbonyl (C=O) groups excluding carboxylic acids is 1. The lowest BCUT2D eigenvalue weighted by molar-refractivity contribution is -0.176. The number of benzene rings is 1. The number of carbonyl (C=O) groups is 1. The molecule has 1 saturated heterocycles. The molecule has 5 nitrogen and oxygen atoms in total. The number of alkyl halides is 3. The topological polar surface area (TPSA) is 54.5 Å². The summed E-state index contributed by atoms with van der Waals surface area (Å²) < 4.78 is 40.9. The maximum atomic E-state index is 12.3. The van der Waals surface area contributed by atoms with E-state index in [-0.39, 0.29) is 12.5 Å². The Labute approximate surface area is 174 Å². The smallest absolute Gasteiger partial charge is 0.367 e. The normalized spacial score (nSPS) is 15.3. The van der Waals surface area contributed by atoms with Gasteiger partial charge >= 0.3 is 6.18 Å². The lowest BCUT2D eigenvalue weighted by Crippen LogP contribution is -2.33. The molecule has 0 radical (unpaired) electrons. The molecule has 0 unspecified atom stereocenters. The number of halogens is 3. The lowest BCUT2D eigenvalue weighted by atomic mass is 9.99. The molecule has 30 heavy (non-hydrogen) atoms. The summed E-state index contributed by atoms with van der Waals surface area (Å²) in [5.74, 6) is 1.46. The van der Waals surface area contributed by atoms with Crippen molar-refractivity contribution in [3.05, 3.63) is 59.3 Å². The van der Waals surface area contributed by atoms with Gasteiger partial charge in [0.1, 0.15) is 12.4 Å². The fourth-order valence-corrected chi connectivity index (χ4v) is 3.27. The van der Waals surface area contributed by atoms with E-state index in [4.69, 9.17) is 0 Å². The van der Waals surface area contributed by atoms with E-state index >= 15 is 0 Å². The number of amides is 1. The largest absolute Gasteiger partial charge is 0.411 e. The van der Waals surface area contributed by atoms with Crippen LogP contribution in [0, 0.1) is 5.92 Å². The van der Waals surface area contributed by atoms with Gasteiger partial charge in [0, 0.05) is 31.4 Å². The molecule has 8 heteroatoms. The Balaban J connectivity index is 1.46. The molecule has 162 valence electrons. The number of piperidine rings is 1. The zero-order chi connectivity index (χ0) is 21.6. The van der Waals surface area contributed by atoms with Gasteiger partial charge in [-0.25, -0.2) is 4.98 Å². The summed E-state index contributed by atoms with van der Waals surface area (Å²) >= 11 is 0. The second-order valence-electron chi connectivity index (χ2n) is 7.68. The van der Waals surface area contributed by atoms with Crippen LogP contribution in [-0.2, 0) is 17.9 Å². The van der Waals surface area contributed by atoms with Gasteiger partial charge in [-0.15, -0.1) is 0 Å². The van der Waals surface area contributed by atoms with E-state index in [1.165, 1.54) is 12.8 Å². The molecule has 1 aliphatic rings. The zero-order valence-electron chi connectivity index (χ0n) is 16.9. The molecule has 0 bridgehead atoms. The van der Waals surface area contributed by atoms with Gasteiger partial charge < -0.3 is 15.0 Å². The molecule has 3 rings (SSSR count). The second-order valence-corrected chi connectivity index (χ2v) is 7.68. The van der Waals surface area contributed by atoms with Gasteiger partial charge in [0.2, 0.25) is 0 Å². The third-order valence-corrected chi connectivity index (χ3v) is 5.12. The predicted molar refractivity (Wildman–Crippen MR) is 108 cm³/mol. The Kier molecular flexibility index (Phi) is 7.31. The molecule has 0 saturated carbocycles. The summed E-state index contributed by atoms with van der Waals surface area (Å²) in [5, 5.41) is 2.83. The van der Waals surface area contributed by atoms with E-state index in [9.17, 15) is 18.0 Å². The van der Waals surface area contributed by atoms with Gasteiger partial charge in [-0.1, -0.05) is 25.1 Å². The van der Waals surface area contributed by atoms with Crippen LogP contribution in [0.25, 0.3) is 0 Å². The van der Waals surface area contributed by atoms with Crippen molar-refractivity contribution in [2.75, 3.05) is 24.6 Å². The summed E-state index contributed by atoms with van der Waals surface area (Å²) in [6.45, 7) is 3.20. The van der Waals surface area contributed by atoms with E-state index in [2.05, 4.69) is 26.9 Å². The molecule has 1 amide bonds. The van der Waals surface area contributed by atoms with E-state index in [1.807, 2.05) is 12.1 Å². The van der Waals surface area contributed by atoms with E-state index < -0.39 is 12.8 Å². The number of hydrogen-bond donors (Lipinski definition) is 1. The first kappa shape index (κ1) is 22.1. The van der Waals surface area contributed by atoms with Crippen molar-refractivity contribution in [1.82, 2.24) is 10.3 Å². The quantitative estimate of drug-likeness (QED) is 0.723. The molecule has 1 fully saturated rings. The van der Waals surface area contributed by atoms with Gasteiger partial charge in [-0.2, -0.15) is 13.2 Å². The van der Waals surface area contributed by atoms with Crippen molar-refractivity contribution in [1.29, 1.82) is 0 Å². The molecular weight excluding hydrogens is 395 g/mol. The third kappa shape index (κ3) is 6.73. The molecule has 1 aromatic carbocycles. The van der Waals surface area contributed by atoms with Crippen LogP contribution in [-0.4, -0.2) is 36.8 Å². The standard InChI is InChI=1S/C22H26F3N3O2/c1-16-8-10-28(11-9-16)20-7-4-18(12-26-20)13-27-21(29)19-5-2-17(3-6-19)14-30-15-22(23,24)25/h2-7,12,16H,8-11,13-15H2,1H3,(H,27,29). The predicted octanol–water partition coefficient (Wildman–Crippen LogP) is 4.33. The van der Waals surface area contributed by atoms with Gasteiger partial charge in [-0.3, -0.25) is 4.79 Å². The number of nitrogens with one attached hydrogen (secondary N) is 1. The first-order valence-corrected chi connectivity index (χ1v) is 10.0. The third-order valence-electron chi connectivity index (χ3n) is 5.12. The van der Waals surface area contributed by atoms with Crippen LogP contribution in [0.4, 0.5) is 19.0 Å². The Morgan fingerprint density at radius 2 is 1.80 bits per heavy atom. The maximum absolute atomic E-state index is 12.3. The van der Waals surface area contributed by atoms with Crippen LogP contribution in [0.1, 0.15) is 41.3 Å². The number of ether oxygens (including phenoxy) is 1. The molecule has 2 heterocycles. The highest BCUT2D eigenvalue weighted by Crippen LogP contribution is 2.21. The Bertz CT molecular complexity index is 815. The maximum Gasteiger partial charge on any atom is 0.411 e. The zero-order valence-corrected chi connectivity index (χ0v) is 16.9. The van der Waals surface area contributed by atoms with Gasteiger partial charge in [0.15, 0.2) is 0 Å². The van der Waals surface area contributed by atoms with Crippen molar-refractivity contribution >= 4 is 11.7 Å². The second kappa shape index (κ2) is 9.93. The minimum atomic E-state index is -4.35. The minimum Gasteiger partial charge on any atom is -0.367 e. The van der Waals surface area contributed by atoms with Gasteiger partial charge in [0.05, 0.1) is 6.61 Å². The summed E-state index contributed by atoms with van der Waals surface area (Å²) in [4.78, 5) is 19.1. The molecule has 1 aliphatic heterocycles. The number of aromatic nitrogens is 1. The van der Waals surface area contributed by atoms with Crippen LogP contribution in [0.3, 0.4) is 0 Å². The van der Waals surface area contributed by atoms with Crippen molar-refractivity contribution in [2.45, 2.75) is 39.1 Å². The van der Waals surface area contributed by atoms with Gasteiger partial charge in [0.25, 0.3) is 5.91 Å². The number of rotatable bonds is 7. The summed E-state index contributed by atoms with van der Waals surface area (Å²) in [5.41, 5.74) is 1.90. The van der Waals surface area contributed by atoms with E-state index in [1.54, 1.807) is 30.5 Å². The Morgan fingerprint density at radius 3 is 2.40 bits per heavy atom. The highest BCUT2D eigenvalue weighted by atomic mass is 19.4. The average Bonchev–Trinajstić information content (AvgIpc) is 2.73. The first-order valence-electron chi connectivity index (χ1n) is 10.0. The van der Waals surface area contributed by atoms with Crippen LogP contribution in [0.2, 0.25) is 0 Å². The Morgan fingerprint density at radius 1 is 1.13 bits per heavy atom. The van der Waals surface area contributed by atoms with Crippen LogP contribution in [0.15, 0.2) is 42.6 Å². The molecule has 1 N–H and O–H groups in total. The SMILES string of the molecule is CC1CCN(c2ccc(CNC(=O)c3ccc(COCC(F)(F)F)cc3)cn2)CC1. The number of nitrogens with zero attached hydrogens (tertiary/aromatic N) is 2. The number of anilines is 1. The molecule has 0 aliphatic carbocycles. The fraction of sp³-hybridized carbons (Fsp3) is 0.455. The van der Waals surface area contributed by atoms with Crippen molar-refractivity contribution in [3.8, 4) is 0 Å². The highest BCUT2D eigenvalue weighted by Gasteiger charge is 2.27. The van der Waals surface area contributed by atoms with Gasteiger partial charge in [-0.05, 0) is 48.1 Å². The van der Waals surface area contributed by atoms with E-state index in [0.29, 0.717) is 17.7 Å². The van der Waals surface area contributed by atoms with Crippen molar-refractivity contribution in [3.63, 3.8) is 0 Å². The fourth-order valence-electron chi connectivity index (χ4n) is 3.27. The molecule has 0 atom stereocenters. The molecule has 1 aromatic heterocycles. The average molecular weight is 421 g/mol. The summed E-state index contributed by atoms with van der Waals surface area (Å²) in [7, 11) is 0. The summed E-state index contributed by atoms with van der Waals surface area (Å²) in [6.07, 6.45) is -0.229. The van der Waals surface area contributed by atoms with Crippen molar-refractivity contribution in [2.24, 2.45) is 5.92 Å². The van der Waals surface area contributed by atoms with Crippen LogP contribution < -0.4 is 10.2 Å². The monoisotopic (exact) mass is 421 g/mol. The van der Waals surface area contributed by atoms with Crippen molar-refractivity contribution < 1.29 is 22.7 Å². The summed E-state index contributed by atoms with van der Waals surface area (Å²) in [6, 6.07) is 10.2.